The standard InChI is InChI=1S/C13H13ClN2O3/c1-9(17)8-16-13(18)7-6-12(15-16)19-11-4-2-10(14)3-5-11/h2-7,9,17H,8H2,1H3/t9-/m1/s1. The third-order valence-corrected chi connectivity index (χ3v) is 2.57. The van der Waals surface area contributed by atoms with Gasteiger partial charge in [-0.05, 0) is 31.2 Å². The topological polar surface area (TPSA) is 64.3 Å². The van der Waals surface area contributed by atoms with Crippen LogP contribution >= 0.6 is 11.6 Å². The molecule has 0 aliphatic carbocycles. The lowest BCUT2D eigenvalue weighted by Crippen LogP contribution is -2.26. The maximum absolute atomic E-state index is 11.5. The molecule has 19 heavy (non-hydrogen) atoms. The van der Waals surface area contributed by atoms with Crippen molar-refractivity contribution in [1.29, 1.82) is 0 Å². The molecule has 1 aromatic carbocycles. The van der Waals surface area contributed by atoms with Crippen molar-refractivity contribution in [1.82, 2.24) is 9.78 Å². The zero-order valence-corrected chi connectivity index (χ0v) is 11.0. The Kier molecular flexibility index (Phi) is 4.19. The van der Waals surface area contributed by atoms with Gasteiger partial charge in [-0.15, -0.1) is 5.10 Å². The van der Waals surface area contributed by atoms with Crippen LogP contribution in [-0.2, 0) is 6.54 Å². The van der Waals surface area contributed by atoms with E-state index in [0.717, 1.165) is 4.68 Å². The molecule has 1 aromatic heterocycles. The third-order valence-electron chi connectivity index (χ3n) is 2.32. The largest absolute Gasteiger partial charge is 0.438 e. The number of rotatable bonds is 4. The molecule has 1 heterocycles. The van der Waals surface area contributed by atoms with Gasteiger partial charge in [-0.25, -0.2) is 4.68 Å². The van der Waals surface area contributed by atoms with Crippen molar-refractivity contribution < 1.29 is 9.84 Å². The van der Waals surface area contributed by atoms with Gasteiger partial charge in [0.1, 0.15) is 5.75 Å². The van der Waals surface area contributed by atoms with E-state index in [2.05, 4.69) is 5.10 Å². The molecule has 2 aromatic rings. The van der Waals surface area contributed by atoms with Crippen LogP contribution in [0.3, 0.4) is 0 Å². The van der Waals surface area contributed by atoms with Crippen LogP contribution in [0, 0.1) is 0 Å². The summed E-state index contributed by atoms with van der Waals surface area (Å²) in [4.78, 5) is 11.5. The van der Waals surface area contributed by atoms with E-state index >= 15 is 0 Å². The van der Waals surface area contributed by atoms with Crippen molar-refractivity contribution in [3.8, 4) is 11.6 Å². The molecule has 0 bridgehead atoms. The van der Waals surface area contributed by atoms with E-state index in [9.17, 15) is 9.90 Å². The van der Waals surface area contributed by atoms with Gasteiger partial charge in [-0.3, -0.25) is 4.79 Å². The number of aromatic nitrogens is 2. The van der Waals surface area contributed by atoms with Crippen molar-refractivity contribution in [3.05, 3.63) is 51.8 Å². The molecular formula is C13H13ClN2O3. The predicted molar refractivity (Wildman–Crippen MR) is 71.7 cm³/mol. The Labute approximate surface area is 115 Å². The molecule has 5 nitrogen and oxygen atoms in total. The molecule has 6 heteroatoms. The van der Waals surface area contributed by atoms with E-state index in [0.29, 0.717) is 10.8 Å². The Bertz CT molecular complexity index is 608. The molecule has 0 radical (unpaired) electrons. The summed E-state index contributed by atoms with van der Waals surface area (Å²) in [5.74, 6) is 0.849. The highest BCUT2D eigenvalue weighted by molar-refractivity contribution is 6.30. The smallest absolute Gasteiger partial charge is 0.267 e. The van der Waals surface area contributed by atoms with Crippen LogP contribution in [-0.4, -0.2) is 21.0 Å². The van der Waals surface area contributed by atoms with Crippen LogP contribution in [0.5, 0.6) is 11.6 Å². The Morgan fingerprint density at radius 2 is 2.00 bits per heavy atom. The maximum atomic E-state index is 11.5. The summed E-state index contributed by atoms with van der Waals surface area (Å²) >= 11 is 5.77. The zero-order valence-electron chi connectivity index (χ0n) is 10.3. The molecule has 100 valence electrons. The van der Waals surface area contributed by atoms with Crippen molar-refractivity contribution >= 4 is 11.6 Å². The van der Waals surface area contributed by atoms with E-state index in [1.165, 1.54) is 12.1 Å². The highest BCUT2D eigenvalue weighted by Crippen LogP contribution is 2.20. The Morgan fingerprint density at radius 1 is 1.32 bits per heavy atom. The quantitative estimate of drug-likeness (QED) is 0.931. The van der Waals surface area contributed by atoms with Crippen LogP contribution < -0.4 is 10.3 Å². The van der Waals surface area contributed by atoms with Gasteiger partial charge in [-0.2, -0.15) is 0 Å². The summed E-state index contributed by atoms with van der Waals surface area (Å²) < 4.78 is 6.66. The average molecular weight is 281 g/mol. The fourth-order valence-electron chi connectivity index (χ4n) is 1.49. The molecule has 0 unspecified atom stereocenters. The van der Waals surface area contributed by atoms with Gasteiger partial charge < -0.3 is 9.84 Å². The lowest BCUT2D eigenvalue weighted by molar-refractivity contribution is 0.165. The number of hydrogen-bond donors (Lipinski definition) is 1. The number of benzene rings is 1. The van der Waals surface area contributed by atoms with Gasteiger partial charge in [0.2, 0.25) is 5.88 Å². The van der Waals surface area contributed by atoms with Crippen LogP contribution in [0.1, 0.15) is 6.92 Å². The van der Waals surface area contributed by atoms with E-state index in [4.69, 9.17) is 16.3 Å². The molecule has 0 spiro atoms. The van der Waals surface area contributed by atoms with Gasteiger partial charge in [0.05, 0.1) is 12.6 Å². The first-order valence-corrected chi connectivity index (χ1v) is 6.12. The summed E-state index contributed by atoms with van der Waals surface area (Å²) in [6, 6.07) is 9.63. The zero-order chi connectivity index (χ0) is 13.8. The van der Waals surface area contributed by atoms with E-state index in [1.54, 1.807) is 31.2 Å². The monoisotopic (exact) mass is 280 g/mol. The Morgan fingerprint density at radius 3 is 2.63 bits per heavy atom. The number of nitrogens with zero attached hydrogens (tertiary/aromatic N) is 2. The van der Waals surface area contributed by atoms with E-state index < -0.39 is 6.10 Å². The molecule has 0 aliphatic rings. The fourth-order valence-corrected chi connectivity index (χ4v) is 1.62. The minimum atomic E-state index is -0.656. The van der Waals surface area contributed by atoms with Crippen molar-refractivity contribution in [3.63, 3.8) is 0 Å². The Hall–Kier alpha value is -1.85. The summed E-state index contributed by atoms with van der Waals surface area (Å²) in [7, 11) is 0. The third kappa shape index (κ3) is 3.81. The number of ether oxygens (including phenoxy) is 1. The van der Waals surface area contributed by atoms with Gasteiger partial charge >= 0.3 is 0 Å². The number of hydrogen-bond acceptors (Lipinski definition) is 4. The first kappa shape index (κ1) is 13.6. The summed E-state index contributed by atoms with van der Waals surface area (Å²) in [6.07, 6.45) is -0.656. The molecule has 0 saturated heterocycles. The molecule has 0 amide bonds. The number of aliphatic hydroxyl groups is 1. The van der Waals surface area contributed by atoms with Crippen LogP contribution in [0.2, 0.25) is 5.02 Å². The molecule has 0 saturated carbocycles. The second kappa shape index (κ2) is 5.86. The normalized spacial score (nSPS) is 12.2. The van der Waals surface area contributed by atoms with Gasteiger partial charge in [-0.1, -0.05) is 11.6 Å². The van der Waals surface area contributed by atoms with Crippen molar-refractivity contribution in [2.75, 3.05) is 0 Å². The van der Waals surface area contributed by atoms with Gasteiger partial charge in [0, 0.05) is 17.2 Å². The van der Waals surface area contributed by atoms with Crippen LogP contribution in [0.4, 0.5) is 0 Å². The highest BCUT2D eigenvalue weighted by Gasteiger charge is 2.05. The summed E-state index contributed by atoms with van der Waals surface area (Å²) in [5, 5.41) is 13.9. The molecule has 0 aliphatic heterocycles. The maximum Gasteiger partial charge on any atom is 0.267 e. The van der Waals surface area contributed by atoms with E-state index in [1.807, 2.05) is 0 Å². The molecule has 1 N–H and O–H groups in total. The van der Waals surface area contributed by atoms with Crippen LogP contribution in [0.15, 0.2) is 41.2 Å². The lowest BCUT2D eigenvalue weighted by atomic mass is 10.3. The number of aliphatic hydroxyl groups excluding tert-OH is 1. The van der Waals surface area contributed by atoms with Crippen molar-refractivity contribution in [2.45, 2.75) is 19.6 Å². The second-order valence-corrected chi connectivity index (χ2v) is 4.53. The fraction of sp³-hybridized carbons (Fsp3) is 0.231. The molecule has 2 rings (SSSR count). The lowest BCUT2D eigenvalue weighted by Gasteiger charge is -2.09. The van der Waals surface area contributed by atoms with E-state index in [-0.39, 0.29) is 18.0 Å². The summed E-state index contributed by atoms with van der Waals surface area (Å²) in [6.45, 7) is 1.71. The minimum absolute atomic E-state index is 0.122. The molecule has 0 fully saturated rings. The van der Waals surface area contributed by atoms with Crippen molar-refractivity contribution in [2.24, 2.45) is 0 Å². The predicted octanol–water partition coefficient (Wildman–Crippen LogP) is 2.07. The SMILES string of the molecule is C[C@@H](O)Cn1nc(Oc2ccc(Cl)cc2)ccc1=O. The minimum Gasteiger partial charge on any atom is -0.438 e. The van der Waals surface area contributed by atoms with Gasteiger partial charge in [0.25, 0.3) is 5.56 Å². The average Bonchev–Trinajstić information content (AvgIpc) is 2.36. The second-order valence-electron chi connectivity index (χ2n) is 4.10. The molecular weight excluding hydrogens is 268 g/mol. The Balaban J connectivity index is 2.21. The van der Waals surface area contributed by atoms with Crippen LogP contribution in [0.25, 0.3) is 0 Å². The van der Waals surface area contributed by atoms with Gasteiger partial charge in [0.15, 0.2) is 0 Å². The summed E-state index contributed by atoms with van der Waals surface area (Å²) in [5.41, 5.74) is -0.288. The molecule has 1 atom stereocenters. The highest BCUT2D eigenvalue weighted by atomic mass is 35.5. The number of halogens is 1. The first-order valence-electron chi connectivity index (χ1n) is 5.74. The first-order chi connectivity index (χ1) is 9.04.